The summed E-state index contributed by atoms with van der Waals surface area (Å²) in [5.41, 5.74) is 1.06. The molecule has 0 aliphatic rings. The number of nitrogens with one attached hydrogen (secondary N) is 2. The van der Waals surface area contributed by atoms with Gasteiger partial charge in [0.1, 0.15) is 17.7 Å². The second kappa shape index (κ2) is 10.6. The van der Waals surface area contributed by atoms with Gasteiger partial charge in [-0.15, -0.1) is 24.0 Å². The van der Waals surface area contributed by atoms with E-state index in [4.69, 9.17) is 27.7 Å². The maximum atomic E-state index is 12.5. The summed E-state index contributed by atoms with van der Waals surface area (Å²) in [6.07, 6.45) is 1.45. The van der Waals surface area contributed by atoms with Gasteiger partial charge in [0.25, 0.3) is 0 Å². The van der Waals surface area contributed by atoms with Crippen molar-refractivity contribution >= 4 is 53.1 Å². The first-order valence-corrected chi connectivity index (χ1v) is 7.51. The molecule has 25 heavy (non-hydrogen) atoms. The Balaban J connectivity index is 0.00000312. The lowest BCUT2D eigenvalue weighted by atomic mass is 10.2. The van der Waals surface area contributed by atoms with E-state index < -0.39 is 6.61 Å². The highest BCUT2D eigenvalue weighted by atomic mass is 127. The summed E-state index contributed by atoms with van der Waals surface area (Å²) in [5.74, 6) is 0.299. The third-order valence-electron chi connectivity index (χ3n) is 2.89. The molecule has 138 valence electrons. The van der Waals surface area contributed by atoms with Crippen LogP contribution in [0.2, 0.25) is 10.0 Å². The molecule has 0 spiro atoms. The zero-order valence-electron chi connectivity index (χ0n) is 12.9. The van der Waals surface area contributed by atoms with Crippen molar-refractivity contribution in [3.05, 3.63) is 45.8 Å². The fourth-order valence-corrected chi connectivity index (χ4v) is 2.45. The van der Waals surface area contributed by atoms with Crippen molar-refractivity contribution in [2.75, 3.05) is 7.05 Å². The number of nitrogens with zero attached hydrogens (tertiary/aromatic N) is 2. The van der Waals surface area contributed by atoms with Crippen LogP contribution >= 0.6 is 47.2 Å². The zero-order valence-corrected chi connectivity index (χ0v) is 16.8. The Bertz CT molecular complexity index is 702. The summed E-state index contributed by atoms with van der Waals surface area (Å²) in [6.45, 7) is -2.49. The molecule has 1 aromatic carbocycles. The number of rotatable bonds is 6. The van der Waals surface area contributed by atoms with Crippen molar-refractivity contribution in [2.24, 2.45) is 4.99 Å². The van der Waals surface area contributed by atoms with Crippen LogP contribution in [0.15, 0.2) is 34.0 Å². The molecule has 0 saturated heterocycles. The lowest BCUT2D eigenvalue weighted by Crippen LogP contribution is -2.36. The lowest BCUT2D eigenvalue weighted by molar-refractivity contribution is -0.0504. The van der Waals surface area contributed by atoms with E-state index in [0.717, 1.165) is 0 Å². The van der Waals surface area contributed by atoms with E-state index in [1.54, 1.807) is 13.1 Å². The maximum absolute atomic E-state index is 12.5. The third kappa shape index (κ3) is 6.83. The van der Waals surface area contributed by atoms with Crippen LogP contribution < -0.4 is 15.4 Å². The highest BCUT2D eigenvalue weighted by Crippen LogP contribution is 2.33. The number of halogens is 5. The van der Waals surface area contributed by atoms with Crippen LogP contribution in [-0.2, 0) is 13.1 Å². The maximum Gasteiger partial charge on any atom is 0.387 e. The minimum absolute atomic E-state index is 0. The van der Waals surface area contributed by atoms with Gasteiger partial charge >= 0.3 is 6.61 Å². The Kier molecular flexibility index (Phi) is 9.22. The molecule has 1 heterocycles. The SMILES string of the molecule is CN=C(NCc1ccon1)NCc1cc(Cl)cc(Cl)c1OC(F)F.I. The highest BCUT2D eigenvalue weighted by Gasteiger charge is 2.15. The summed E-state index contributed by atoms with van der Waals surface area (Å²) >= 11 is 11.8. The van der Waals surface area contributed by atoms with Gasteiger partial charge < -0.3 is 19.9 Å². The molecule has 6 nitrogen and oxygen atoms in total. The Morgan fingerprint density at radius 2 is 2.04 bits per heavy atom. The topological polar surface area (TPSA) is 71.7 Å². The van der Waals surface area contributed by atoms with E-state index in [1.165, 1.54) is 18.4 Å². The summed E-state index contributed by atoms with van der Waals surface area (Å²) in [7, 11) is 1.57. The number of guanidine groups is 1. The number of alkyl halides is 2. The minimum atomic E-state index is -2.99. The number of aliphatic imine (C=N–C) groups is 1. The molecule has 1 aromatic heterocycles. The fourth-order valence-electron chi connectivity index (χ4n) is 1.87. The summed E-state index contributed by atoms with van der Waals surface area (Å²) in [5, 5.41) is 10.0. The molecule has 0 saturated carbocycles. The average molecular weight is 507 g/mol. The van der Waals surface area contributed by atoms with Crippen LogP contribution in [0.25, 0.3) is 0 Å². The molecule has 0 aliphatic carbocycles. The summed E-state index contributed by atoms with van der Waals surface area (Å²) in [6, 6.07) is 4.52. The minimum Gasteiger partial charge on any atom is -0.433 e. The smallest absolute Gasteiger partial charge is 0.387 e. The molecule has 0 amide bonds. The lowest BCUT2D eigenvalue weighted by Gasteiger charge is -2.15. The van der Waals surface area contributed by atoms with E-state index in [-0.39, 0.29) is 41.3 Å². The highest BCUT2D eigenvalue weighted by molar-refractivity contribution is 14.0. The first-order chi connectivity index (χ1) is 11.5. The molecular weight excluding hydrogens is 492 g/mol. The van der Waals surface area contributed by atoms with Gasteiger partial charge in [-0.05, 0) is 12.1 Å². The largest absolute Gasteiger partial charge is 0.433 e. The number of benzene rings is 1. The molecule has 2 rings (SSSR count). The van der Waals surface area contributed by atoms with E-state index in [0.29, 0.717) is 28.8 Å². The van der Waals surface area contributed by atoms with Crippen LogP contribution in [0.5, 0.6) is 5.75 Å². The Hall–Kier alpha value is -1.33. The van der Waals surface area contributed by atoms with Crippen molar-refractivity contribution in [1.29, 1.82) is 0 Å². The van der Waals surface area contributed by atoms with Gasteiger partial charge in [0, 0.05) is 30.2 Å². The third-order valence-corrected chi connectivity index (χ3v) is 3.39. The average Bonchev–Trinajstić information content (AvgIpc) is 3.03. The molecular formula is C14H15Cl2F2IN4O2. The second-order valence-electron chi connectivity index (χ2n) is 4.52. The number of ether oxygens (including phenoxy) is 1. The fraction of sp³-hybridized carbons (Fsp3) is 0.286. The van der Waals surface area contributed by atoms with Crippen LogP contribution in [0, 0.1) is 0 Å². The first-order valence-electron chi connectivity index (χ1n) is 6.76. The summed E-state index contributed by atoms with van der Waals surface area (Å²) in [4.78, 5) is 4.02. The predicted octanol–water partition coefficient (Wildman–Crippen LogP) is 4.07. The molecule has 0 atom stereocenters. The van der Waals surface area contributed by atoms with E-state index in [2.05, 4.69) is 25.5 Å². The van der Waals surface area contributed by atoms with Crippen LogP contribution in [-0.4, -0.2) is 24.8 Å². The zero-order chi connectivity index (χ0) is 17.5. The monoisotopic (exact) mass is 506 g/mol. The molecule has 2 N–H and O–H groups in total. The molecule has 0 radical (unpaired) electrons. The molecule has 11 heteroatoms. The molecule has 0 aliphatic heterocycles. The van der Waals surface area contributed by atoms with Gasteiger partial charge in [0.05, 0.1) is 11.6 Å². The normalized spacial score (nSPS) is 11.2. The first kappa shape index (κ1) is 21.7. The number of hydrogen-bond acceptors (Lipinski definition) is 4. The number of hydrogen-bond donors (Lipinski definition) is 2. The molecule has 0 bridgehead atoms. The van der Waals surface area contributed by atoms with Crippen molar-refractivity contribution in [2.45, 2.75) is 19.7 Å². The van der Waals surface area contributed by atoms with Gasteiger partial charge in [-0.1, -0.05) is 28.4 Å². The molecule has 2 aromatic rings. The van der Waals surface area contributed by atoms with E-state index in [9.17, 15) is 8.78 Å². The van der Waals surface area contributed by atoms with Gasteiger partial charge in [-0.25, -0.2) is 0 Å². The van der Waals surface area contributed by atoms with Gasteiger partial charge in [-0.3, -0.25) is 4.99 Å². The van der Waals surface area contributed by atoms with Crippen LogP contribution in [0.3, 0.4) is 0 Å². The quantitative estimate of drug-likeness (QED) is 0.351. The Labute approximate surface area is 169 Å². The van der Waals surface area contributed by atoms with Crippen molar-refractivity contribution in [3.8, 4) is 5.75 Å². The van der Waals surface area contributed by atoms with E-state index in [1.807, 2.05) is 0 Å². The molecule has 0 unspecified atom stereocenters. The van der Waals surface area contributed by atoms with Crippen LogP contribution in [0.4, 0.5) is 8.78 Å². The van der Waals surface area contributed by atoms with Gasteiger partial charge in [-0.2, -0.15) is 8.78 Å². The van der Waals surface area contributed by atoms with Crippen molar-refractivity contribution in [3.63, 3.8) is 0 Å². The standard InChI is InChI=1S/C14H14Cl2F2N4O2.HI/c1-19-14(21-7-10-2-3-23-22-10)20-6-8-4-9(15)5-11(16)12(8)24-13(17)18;/h2-5,13H,6-7H2,1H3,(H2,19,20,21);1H. The Morgan fingerprint density at radius 1 is 1.32 bits per heavy atom. The van der Waals surface area contributed by atoms with Gasteiger partial charge in [0.2, 0.25) is 0 Å². The van der Waals surface area contributed by atoms with Crippen molar-refractivity contribution in [1.82, 2.24) is 15.8 Å². The number of aromatic nitrogens is 1. The Morgan fingerprint density at radius 3 is 2.64 bits per heavy atom. The van der Waals surface area contributed by atoms with Crippen molar-refractivity contribution < 1.29 is 18.0 Å². The van der Waals surface area contributed by atoms with Crippen LogP contribution in [0.1, 0.15) is 11.3 Å². The predicted molar refractivity (Wildman–Crippen MR) is 102 cm³/mol. The van der Waals surface area contributed by atoms with E-state index >= 15 is 0 Å². The van der Waals surface area contributed by atoms with Gasteiger partial charge in [0.15, 0.2) is 5.96 Å². The second-order valence-corrected chi connectivity index (χ2v) is 5.37. The molecule has 0 fully saturated rings. The summed E-state index contributed by atoms with van der Waals surface area (Å²) < 4.78 is 34.3.